The van der Waals surface area contributed by atoms with Crippen LogP contribution in [-0.4, -0.2) is 22.5 Å². The summed E-state index contributed by atoms with van der Waals surface area (Å²) in [5.41, 5.74) is 0.0837. The van der Waals surface area contributed by atoms with Crippen LogP contribution in [0.1, 0.15) is 36.2 Å². The number of aryl methyl sites for hydroxylation is 1. The van der Waals surface area contributed by atoms with Gasteiger partial charge in [-0.25, -0.2) is 4.79 Å². The van der Waals surface area contributed by atoms with Gasteiger partial charge in [0.05, 0.1) is 12.0 Å². The first-order chi connectivity index (χ1) is 7.96. The molecule has 0 aliphatic carbocycles. The smallest absolute Gasteiger partial charge is 0.348 e. The zero-order valence-electron chi connectivity index (χ0n) is 9.82. The Hall–Kier alpha value is -1.84. The third-order valence-electron chi connectivity index (χ3n) is 3.04. The monoisotopic (exact) mass is 234 g/mol. The molecule has 0 saturated heterocycles. The normalized spacial score (nSPS) is 22.8. The van der Waals surface area contributed by atoms with Crippen LogP contribution < -0.4 is 4.74 Å². The molecule has 1 aromatic rings. The number of hydrogen-bond acceptors (Lipinski definition) is 3. The maximum Gasteiger partial charge on any atom is 0.348 e. The van der Waals surface area contributed by atoms with Crippen LogP contribution in [0.5, 0.6) is 5.75 Å². The first-order valence-corrected chi connectivity index (χ1v) is 5.55. The Morgan fingerprint density at radius 1 is 1.53 bits per heavy atom. The summed E-state index contributed by atoms with van der Waals surface area (Å²) in [5, 5.41) is 9.06. The van der Waals surface area contributed by atoms with E-state index in [2.05, 4.69) is 0 Å². The van der Waals surface area contributed by atoms with Gasteiger partial charge in [-0.3, -0.25) is 4.79 Å². The van der Waals surface area contributed by atoms with E-state index >= 15 is 0 Å². The fourth-order valence-corrected chi connectivity index (χ4v) is 1.90. The number of carbonyl (C=O) groups excluding carboxylic acids is 1. The van der Waals surface area contributed by atoms with E-state index in [1.807, 2.05) is 13.0 Å². The van der Waals surface area contributed by atoms with Crippen molar-refractivity contribution in [1.29, 1.82) is 0 Å². The molecule has 4 nitrogen and oxygen atoms in total. The largest absolute Gasteiger partial charge is 0.478 e. The van der Waals surface area contributed by atoms with Crippen molar-refractivity contribution in [2.75, 3.05) is 0 Å². The van der Waals surface area contributed by atoms with Crippen LogP contribution in [0.25, 0.3) is 0 Å². The van der Waals surface area contributed by atoms with Gasteiger partial charge in [0, 0.05) is 0 Å². The van der Waals surface area contributed by atoms with Crippen molar-refractivity contribution < 1.29 is 19.4 Å². The fraction of sp³-hybridized carbons (Fsp3) is 0.385. The van der Waals surface area contributed by atoms with Gasteiger partial charge in [-0.05, 0) is 31.0 Å². The van der Waals surface area contributed by atoms with Crippen LogP contribution in [0, 0.1) is 0 Å². The fourth-order valence-electron chi connectivity index (χ4n) is 1.90. The topological polar surface area (TPSA) is 63.6 Å². The molecule has 4 heteroatoms. The minimum atomic E-state index is -1.45. The maximum absolute atomic E-state index is 11.9. The lowest BCUT2D eigenvalue weighted by Gasteiger charge is -2.31. The number of benzene rings is 1. The van der Waals surface area contributed by atoms with Crippen LogP contribution in [0.2, 0.25) is 0 Å². The number of aliphatic carboxylic acids is 1. The Labute approximate surface area is 99.2 Å². The third-order valence-corrected chi connectivity index (χ3v) is 3.04. The predicted molar refractivity (Wildman–Crippen MR) is 61.4 cm³/mol. The van der Waals surface area contributed by atoms with E-state index in [-0.39, 0.29) is 12.2 Å². The molecule has 1 heterocycles. The molecule has 17 heavy (non-hydrogen) atoms. The van der Waals surface area contributed by atoms with Gasteiger partial charge in [0.25, 0.3) is 0 Å². The summed E-state index contributed by atoms with van der Waals surface area (Å²) in [6.07, 6.45) is 0.708. The summed E-state index contributed by atoms with van der Waals surface area (Å²) in [7, 11) is 0. The number of fused-ring (bicyclic) bond motifs is 1. The van der Waals surface area contributed by atoms with Crippen molar-refractivity contribution >= 4 is 11.8 Å². The molecule has 0 spiro atoms. The second-order valence-corrected chi connectivity index (χ2v) is 4.42. The minimum absolute atomic E-state index is 0.123. The Balaban J connectivity index is 2.45. The molecule has 1 atom stereocenters. The van der Waals surface area contributed by atoms with Crippen molar-refractivity contribution in [2.24, 2.45) is 0 Å². The van der Waals surface area contributed by atoms with Gasteiger partial charge in [-0.2, -0.15) is 0 Å². The van der Waals surface area contributed by atoms with E-state index in [0.717, 1.165) is 12.0 Å². The second-order valence-electron chi connectivity index (χ2n) is 4.42. The first-order valence-electron chi connectivity index (χ1n) is 5.55. The van der Waals surface area contributed by atoms with Gasteiger partial charge in [0.15, 0.2) is 5.78 Å². The maximum atomic E-state index is 11.9. The first kappa shape index (κ1) is 11.6. The molecule has 1 N–H and O–H groups in total. The van der Waals surface area contributed by atoms with E-state index in [0.29, 0.717) is 11.3 Å². The van der Waals surface area contributed by atoms with E-state index in [1.165, 1.54) is 6.92 Å². The summed E-state index contributed by atoms with van der Waals surface area (Å²) >= 11 is 0. The van der Waals surface area contributed by atoms with Gasteiger partial charge >= 0.3 is 5.97 Å². The molecule has 0 amide bonds. The van der Waals surface area contributed by atoms with E-state index in [4.69, 9.17) is 9.84 Å². The van der Waals surface area contributed by atoms with Crippen molar-refractivity contribution in [3.8, 4) is 5.75 Å². The molecular formula is C13H14O4. The standard InChI is InChI=1S/C13H14O4/c1-3-8-4-5-11-9(6-8)10(14)7-13(2,17-11)12(15)16/h4-6H,3,7H2,1-2H3,(H,15,16). The summed E-state index contributed by atoms with van der Waals surface area (Å²) in [6, 6.07) is 5.30. The molecule has 1 aliphatic heterocycles. The highest BCUT2D eigenvalue weighted by Gasteiger charge is 2.43. The Morgan fingerprint density at radius 2 is 2.24 bits per heavy atom. The van der Waals surface area contributed by atoms with Crippen molar-refractivity contribution in [2.45, 2.75) is 32.3 Å². The number of ether oxygens (including phenoxy) is 1. The molecule has 0 aromatic heterocycles. The summed E-state index contributed by atoms with van der Waals surface area (Å²) in [5.74, 6) is -0.925. The van der Waals surface area contributed by atoms with Crippen LogP contribution in [0.15, 0.2) is 18.2 Å². The highest BCUT2D eigenvalue weighted by Crippen LogP contribution is 2.34. The van der Waals surface area contributed by atoms with Crippen LogP contribution in [0.3, 0.4) is 0 Å². The highest BCUT2D eigenvalue weighted by atomic mass is 16.5. The van der Waals surface area contributed by atoms with Gasteiger partial charge < -0.3 is 9.84 Å². The molecule has 0 fully saturated rings. The second kappa shape index (κ2) is 3.87. The number of carboxylic acids is 1. The summed E-state index contributed by atoms with van der Waals surface area (Å²) < 4.78 is 5.43. The number of rotatable bonds is 2. The van der Waals surface area contributed by atoms with Crippen molar-refractivity contribution in [3.05, 3.63) is 29.3 Å². The molecule has 2 rings (SSSR count). The number of carbonyl (C=O) groups is 2. The average Bonchev–Trinajstić information content (AvgIpc) is 2.28. The quantitative estimate of drug-likeness (QED) is 0.850. The number of ketones is 1. The Kier molecular flexibility index (Phi) is 2.65. The molecule has 1 aromatic carbocycles. The zero-order chi connectivity index (χ0) is 12.6. The van der Waals surface area contributed by atoms with Crippen LogP contribution >= 0.6 is 0 Å². The molecule has 0 radical (unpaired) electrons. The molecule has 0 bridgehead atoms. The molecule has 0 saturated carbocycles. The molecule has 1 unspecified atom stereocenters. The Bertz CT molecular complexity index is 492. The van der Waals surface area contributed by atoms with Gasteiger partial charge in [0.2, 0.25) is 5.60 Å². The van der Waals surface area contributed by atoms with Crippen LogP contribution in [-0.2, 0) is 11.2 Å². The number of carboxylic acid groups (broad SMARTS) is 1. The average molecular weight is 234 g/mol. The lowest BCUT2D eigenvalue weighted by molar-refractivity contribution is -0.154. The highest BCUT2D eigenvalue weighted by molar-refractivity contribution is 6.03. The molecule has 1 aliphatic rings. The number of Topliss-reactive ketones (excluding diaryl/α,β-unsaturated/α-hetero) is 1. The molecule has 90 valence electrons. The Morgan fingerprint density at radius 3 is 2.82 bits per heavy atom. The molecular weight excluding hydrogens is 220 g/mol. The lowest BCUT2D eigenvalue weighted by Crippen LogP contribution is -2.46. The van der Waals surface area contributed by atoms with Crippen molar-refractivity contribution in [1.82, 2.24) is 0 Å². The minimum Gasteiger partial charge on any atom is -0.478 e. The lowest BCUT2D eigenvalue weighted by atomic mass is 9.90. The third kappa shape index (κ3) is 1.90. The van der Waals surface area contributed by atoms with Crippen LogP contribution in [0.4, 0.5) is 0 Å². The van der Waals surface area contributed by atoms with Crippen molar-refractivity contribution in [3.63, 3.8) is 0 Å². The van der Waals surface area contributed by atoms with Gasteiger partial charge in [-0.1, -0.05) is 13.0 Å². The van der Waals surface area contributed by atoms with E-state index in [1.54, 1.807) is 12.1 Å². The summed E-state index contributed by atoms with van der Waals surface area (Å²) in [4.78, 5) is 23.0. The SMILES string of the molecule is CCc1ccc2c(c1)C(=O)CC(C)(C(=O)O)O2. The van der Waals surface area contributed by atoms with Gasteiger partial charge in [0.1, 0.15) is 5.75 Å². The van der Waals surface area contributed by atoms with E-state index < -0.39 is 11.6 Å². The van der Waals surface area contributed by atoms with Gasteiger partial charge in [-0.15, -0.1) is 0 Å². The van der Waals surface area contributed by atoms with E-state index in [9.17, 15) is 9.59 Å². The predicted octanol–water partition coefficient (Wildman–Crippen LogP) is 2.06. The summed E-state index contributed by atoms with van der Waals surface area (Å²) in [6.45, 7) is 3.42. The number of hydrogen-bond donors (Lipinski definition) is 1. The zero-order valence-corrected chi connectivity index (χ0v) is 9.82.